The van der Waals surface area contributed by atoms with Gasteiger partial charge in [0.05, 0.1) is 4.92 Å². The molecule has 0 unspecified atom stereocenters. The van der Waals surface area contributed by atoms with Crippen molar-refractivity contribution in [1.82, 2.24) is 0 Å². The highest BCUT2D eigenvalue weighted by molar-refractivity contribution is 5.75. The number of non-ortho nitro benzene ring substituents is 1. The van der Waals surface area contributed by atoms with Gasteiger partial charge in [0.15, 0.2) is 0 Å². The summed E-state index contributed by atoms with van der Waals surface area (Å²) in [5.74, 6) is -1.11. The van der Waals surface area contributed by atoms with Crippen molar-refractivity contribution in [3.8, 4) is 0 Å². The second-order valence-electron chi connectivity index (χ2n) is 4.97. The van der Waals surface area contributed by atoms with E-state index < -0.39 is 35.1 Å². The molecule has 1 N–H and O–H groups in total. The number of carboxylic acid groups (broad SMARTS) is 1. The Morgan fingerprint density at radius 1 is 1.43 bits per heavy atom. The highest BCUT2D eigenvalue weighted by Gasteiger charge is 2.23. The van der Waals surface area contributed by atoms with Gasteiger partial charge in [-0.2, -0.15) is 0 Å². The molecule has 0 spiro atoms. The molecular weight excluding hydrogens is 286 g/mol. The first kappa shape index (κ1) is 16.8. The van der Waals surface area contributed by atoms with Crippen LogP contribution in [0.1, 0.15) is 25.8 Å². The van der Waals surface area contributed by atoms with E-state index in [-0.39, 0.29) is 18.2 Å². The van der Waals surface area contributed by atoms with Crippen LogP contribution in [0.5, 0.6) is 0 Å². The summed E-state index contributed by atoms with van der Waals surface area (Å²) in [6.45, 7) is 3.45. The molecule has 0 amide bonds. The van der Waals surface area contributed by atoms with Gasteiger partial charge in [0.25, 0.3) is 12.1 Å². The van der Waals surface area contributed by atoms with E-state index in [2.05, 4.69) is 0 Å². The van der Waals surface area contributed by atoms with Gasteiger partial charge in [-0.1, -0.05) is 13.8 Å². The molecule has 0 saturated carbocycles. The van der Waals surface area contributed by atoms with Gasteiger partial charge < -0.3 is 10.0 Å². The maximum absolute atomic E-state index is 13.1. The van der Waals surface area contributed by atoms with Gasteiger partial charge >= 0.3 is 5.97 Å². The predicted molar refractivity (Wildman–Crippen MR) is 72.7 cm³/mol. The molecule has 0 aliphatic carbocycles. The molecule has 0 fully saturated rings. The summed E-state index contributed by atoms with van der Waals surface area (Å²) in [6, 6.07) is 3.05. The van der Waals surface area contributed by atoms with E-state index in [0.717, 1.165) is 12.1 Å². The van der Waals surface area contributed by atoms with Gasteiger partial charge in [-0.15, -0.1) is 0 Å². The summed E-state index contributed by atoms with van der Waals surface area (Å²) >= 11 is 0. The summed E-state index contributed by atoms with van der Waals surface area (Å²) in [4.78, 5) is 22.1. The zero-order chi connectivity index (χ0) is 16.2. The summed E-state index contributed by atoms with van der Waals surface area (Å²) in [7, 11) is 0. The van der Waals surface area contributed by atoms with E-state index in [1.807, 2.05) is 13.8 Å². The summed E-state index contributed by atoms with van der Waals surface area (Å²) in [5, 5.41) is 19.6. The topological polar surface area (TPSA) is 83.7 Å². The van der Waals surface area contributed by atoms with Crippen molar-refractivity contribution in [2.24, 2.45) is 5.92 Å². The summed E-state index contributed by atoms with van der Waals surface area (Å²) in [6.07, 6.45) is -2.93. The average Bonchev–Trinajstić information content (AvgIpc) is 2.35. The molecule has 0 radical (unpaired) electrons. The lowest BCUT2D eigenvalue weighted by atomic mass is 10.1. The Morgan fingerprint density at radius 2 is 2.05 bits per heavy atom. The van der Waals surface area contributed by atoms with Crippen LogP contribution in [0.25, 0.3) is 0 Å². The first-order chi connectivity index (χ1) is 9.72. The van der Waals surface area contributed by atoms with Crippen LogP contribution in [-0.4, -0.2) is 29.1 Å². The number of alkyl halides is 2. The number of hydrogen-bond donors (Lipinski definition) is 1. The highest BCUT2D eigenvalue weighted by atomic mass is 19.3. The smallest absolute Gasteiger partial charge is 0.323 e. The largest absolute Gasteiger partial charge is 0.480 e. The second-order valence-corrected chi connectivity index (χ2v) is 4.97. The first-order valence-corrected chi connectivity index (χ1v) is 6.25. The Hall–Kier alpha value is -2.25. The number of nitrogens with zero attached hydrogens (tertiary/aromatic N) is 2. The van der Waals surface area contributed by atoms with Gasteiger partial charge in [0, 0.05) is 29.9 Å². The lowest BCUT2D eigenvalue weighted by Crippen LogP contribution is -2.33. The number of nitro benzene ring substituents is 1. The van der Waals surface area contributed by atoms with Crippen molar-refractivity contribution in [2.45, 2.75) is 20.3 Å². The monoisotopic (exact) mass is 302 g/mol. The number of halogens is 2. The zero-order valence-corrected chi connectivity index (χ0v) is 11.6. The van der Waals surface area contributed by atoms with Gasteiger partial charge in [0.1, 0.15) is 6.54 Å². The predicted octanol–water partition coefficient (Wildman–Crippen LogP) is 3.08. The lowest BCUT2D eigenvalue weighted by molar-refractivity contribution is -0.385. The normalized spacial score (nSPS) is 11.0. The second kappa shape index (κ2) is 6.96. The number of aliphatic carboxylic acids is 1. The number of benzene rings is 1. The van der Waals surface area contributed by atoms with Crippen LogP contribution >= 0.6 is 0 Å². The van der Waals surface area contributed by atoms with E-state index >= 15 is 0 Å². The van der Waals surface area contributed by atoms with Crippen molar-refractivity contribution in [2.75, 3.05) is 18.0 Å². The number of anilines is 1. The van der Waals surface area contributed by atoms with Gasteiger partial charge in [-0.3, -0.25) is 14.9 Å². The van der Waals surface area contributed by atoms with Crippen LogP contribution in [0.4, 0.5) is 20.2 Å². The quantitative estimate of drug-likeness (QED) is 0.618. The minimum atomic E-state index is -2.93. The van der Waals surface area contributed by atoms with Crippen LogP contribution in [0.15, 0.2) is 18.2 Å². The third-order valence-electron chi connectivity index (χ3n) is 2.71. The molecule has 0 bridgehead atoms. The third-order valence-corrected chi connectivity index (χ3v) is 2.71. The summed E-state index contributed by atoms with van der Waals surface area (Å²) in [5.41, 5.74) is -0.980. The molecule has 0 atom stereocenters. The fourth-order valence-electron chi connectivity index (χ4n) is 1.97. The maximum atomic E-state index is 13.1. The van der Waals surface area contributed by atoms with Gasteiger partial charge in [-0.25, -0.2) is 8.78 Å². The van der Waals surface area contributed by atoms with Crippen molar-refractivity contribution in [3.63, 3.8) is 0 Å². The Kier molecular flexibility index (Phi) is 5.57. The van der Waals surface area contributed by atoms with Crippen LogP contribution in [0.2, 0.25) is 0 Å². The van der Waals surface area contributed by atoms with Gasteiger partial charge in [0.2, 0.25) is 0 Å². The standard InChI is InChI=1S/C13H16F2N2O4/c1-8(2)6-16(7-12(18)19)11-4-3-9(17(20)21)5-10(11)13(14)15/h3-5,8,13H,6-7H2,1-2H3,(H,18,19). The molecule has 21 heavy (non-hydrogen) atoms. The minimum absolute atomic E-state index is 0.00620. The fraction of sp³-hybridized carbons (Fsp3) is 0.462. The van der Waals surface area contributed by atoms with Crippen molar-refractivity contribution in [3.05, 3.63) is 33.9 Å². The van der Waals surface area contributed by atoms with Crippen LogP contribution in [0.3, 0.4) is 0 Å². The van der Waals surface area contributed by atoms with Crippen LogP contribution in [0, 0.1) is 16.0 Å². The van der Waals surface area contributed by atoms with Crippen LogP contribution < -0.4 is 4.90 Å². The maximum Gasteiger partial charge on any atom is 0.323 e. The Labute approximate surface area is 120 Å². The fourth-order valence-corrected chi connectivity index (χ4v) is 1.97. The Bertz CT molecular complexity index is 535. The molecule has 8 heteroatoms. The zero-order valence-electron chi connectivity index (χ0n) is 11.6. The molecule has 116 valence electrons. The SMILES string of the molecule is CC(C)CN(CC(=O)O)c1ccc([N+](=O)[O-])cc1C(F)F. The van der Waals surface area contributed by atoms with E-state index in [1.54, 1.807) is 0 Å². The molecule has 0 heterocycles. The lowest BCUT2D eigenvalue weighted by Gasteiger charge is -2.27. The van der Waals surface area contributed by atoms with Crippen molar-refractivity contribution >= 4 is 17.3 Å². The van der Waals surface area contributed by atoms with Crippen LogP contribution in [-0.2, 0) is 4.79 Å². The average molecular weight is 302 g/mol. The number of nitro groups is 1. The van der Waals surface area contributed by atoms with Crippen molar-refractivity contribution in [1.29, 1.82) is 0 Å². The Balaban J connectivity index is 3.28. The van der Waals surface area contributed by atoms with E-state index in [4.69, 9.17) is 5.11 Å². The number of rotatable bonds is 7. The molecule has 1 aromatic carbocycles. The first-order valence-electron chi connectivity index (χ1n) is 6.25. The number of hydrogen-bond acceptors (Lipinski definition) is 4. The summed E-state index contributed by atoms with van der Waals surface area (Å²) < 4.78 is 26.2. The molecule has 6 nitrogen and oxygen atoms in total. The van der Waals surface area contributed by atoms with E-state index in [0.29, 0.717) is 0 Å². The third kappa shape index (κ3) is 4.66. The number of carbonyl (C=O) groups is 1. The molecule has 1 rings (SSSR count). The highest BCUT2D eigenvalue weighted by Crippen LogP contribution is 2.33. The van der Waals surface area contributed by atoms with E-state index in [9.17, 15) is 23.7 Å². The van der Waals surface area contributed by atoms with Crippen molar-refractivity contribution < 1.29 is 23.6 Å². The molecule has 0 aliphatic heterocycles. The molecule has 0 saturated heterocycles. The minimum Gasteiger partial charge on any atom is -0.480 e. The number of carboxylic acids is 1. The van der Waals surface area contributed by atoms with Gasteiger partial charge in [-0.05, 0) is 12.0 Å². The van der Waals surface area contributed by atoms with E-state index in [1.165, 1.54) is 11.0 Å². The Morgan fingerprint density at radius 3 is 2.48 bits per heavy atom. The molecular formula is C13H16F2N2O4. The molecule has 0 aliphatic rings. The molecule has 1 aromatic rings. The molecule has 0 aromatic heterocycles.